The Hall–Kier alpha value is -6.03. The molecule has 0 atom stereocenters. The van der Waals surface area contributed by atoms with Crippen LogP contribution in [0, 0.1) is 32.9 Å². The van der Waals surface area contributed by atoms with Crippen molar-refractivity contribution in [2.24, 2.45) is 0 Å². The molecule has 0 N–H and O–H groups in total. The third-order valence-corrected chi connectivity index (χ3v) is 12.2. The van der Waals surface area contributed by atoms with E-state index in [1.54, 1.807) is 0 Å². The number of rotatable bonds is 5. The van der Waals surface area contributed by atoms with Gasteiger partial charge < -0.3 is 9.47 Å². The molecule has 3 aromatic heterocycles. The van der Waals surface area contributed by atoms with Crippen LogP contribution in [0.15, 0.2) is 140 Å². The van der Waals surface area contributed by atoms with Gasteiger partial charge in [0.15, 0.2) is 0 Å². The van der Waals surface area contributed by atoms with Gasteiger partial charge in [-0.05, 0) is 94.8 Å². The van der Waals surface area contributed by atoms with Crippen LogP contribution in [0.5, 0.6) is 0 Å². The average molecular weight is 961 g/mol. The zero-order valence-electron chi connectivity index (χ0n) is 35.3. The number of pyridine rings is 1. The number of nitrogens with zero attached hydrogens (tertiary/aromatic N) is 5. The first kappa shape index (κ1) is 39.4. The predicted molar refractivity (Wildman–Crippen MR) is 244 cm³/mol. The number of aromatic nitrogens is 4. The summed E-state index contributed by atoms with van der Waals surface area (Å²) in [7, 11) is 0. The van der Waals surface area contributed by atoms with Crippen molar-refractivity contribution in [2.45, 2.75) is 66.2 Å². The van der Waals surface area contributed by atoms with Gasteiger partial charge in [-0.3, -0.25) is 4.68 Å². The SMILES string of the molecule is Cc1cc(C)c(-c2cn(-c3[c-]c4c(cc3)C(C)(C)c3ccccc3N4c3[c-]c4c(cc3)c3ccccc3n4-c3cc(C(C)(C)C)ccn3)nc2-c2ccccc2)c(C)c1.[Pt+2]. The number of anilines is 3. The molecule has 0 saturated carbocycles. The molecule has 298 valence electrons. The molecule has 10 rings (SSSR count). The Morgan fingerprint density at radius 2 is 1.37 bits per heavy atom. The van der Waals surface area contributed by atoms with Crippen LogP contribution in [-0.2, 0) is 31.9 Å². The van der Waals surface area contributed by atoms with E-state index in [1.807, 2.05) is 10.9 Å². The van der Waals surface area contributed by atoms with E-state index in [0.717, 1.165) is 61.8 Å². The summed E-state index contributed by atoms with van der Waals surface area (Å²) in [6.07, 6.45) is 4.12. The topological polar surface area (TPSA) is 38.9 Å². The first-order valence-electron chi connectivity index (χ1n) is 20.5. The minimum atomic E-state index is -0.283. The largest absolute Gasteiger partial charge is 2.00 e. The summed E-state index contributed by atoms with van der Waals surface area (Å²) in [5.41, 5.74) is 17.4. The Bertz CT molecular complexity index is 3080. The van der Waals surface area contributed by atoms with Gasteiger partial charge in [0, 0.05) is 34.7 Å². The van der Waals surface area contributed by atoms with Crippen molar-refractivity contribution in [1.82, 2.24) is 19.3 Å². The Labute approximate surface area is 367 Å². The first-order chi connectivity index (χ1) is 28.4. The third-order valence-electron chi connectivity index (χ3n) is 12.2. The predicted octanol–water partition coefficient (Wildman–Crippen LogP) is 13.6. The maximum Gasteiger partial charge on any atom is 2.00 e. The van der Waals surface area contributed by atoms with E-state index >= 15 is 0 Å². The molecule has 0 spiro atoms. The molecule has 4 heterocycles. The van der Waals surface area contributed by atoms with Gasteiger partial charge in [-0.1, -0.05) is 136 Å². The van der Waals surface area contributed by atoms with Crippen LogP contribution in [0.2, 0.25) is 0 Å². The van der Waals surface area contributed by atoms with Gasteiger partial charge >= 0.3 is 21.1 Å². The molecule has 9 aromatic rings. The number of hydrogen-bond donors (Lipinski definition) is 0. The summed E-state index contributed by atoms with van der Waals surface area (Å²) in [6.45, 7) is 17.9. The molecule has 1 aliphatic heterocycles. The van der Waals surface area contributed by atoms with Crippen molar-refractivity contribution < 1.29 is 21.1 Å². The summed E-state index contributed by atoms with van der Waals surface area (Å²) >= 11 is 0. The van der Waals surface area contributed by atoms with Crippen LogP contribution >= 0.6 is 0 Å². The summed E-state index contributed by atoms with van der Waals surface area (Å²) in [5, 5.41) is 7.65. The maximum absolute atomic E-state index is 5.34. The molecular formula is C54H47N5Pt. The Morgan fingerprint density at radius 1 is 0.667 bits per heavy atom. The van der Waals surface area contributed by atoms with Gasteiger partial charge in [-0.25, -0.2) is 4.98 Å². The molecule has 6 heteroatoms. The molecule has 0 radical (unpaired) electrons. The molecule has 0 saturated heterocycles. The van der Waals surface area contributed by atoms with Gasteiger partial charge in [0.2, 0.25) is 0 Å². The van der Waals surface area contributed by atoms with Crippen LogP contribution in [-0.4, -0.2) is 19.3 Å². The molecule has 0 aliphatic carbocycles. The quantitative estimate of drug-likeness (QED) is 0.161. The summed E-state index contributed by atoms with van der Waals surface area (Å²) < 4.78 is 4.29. The monoisotopic (exact) mass is 960 g/mol. The van der Waals surface area contributed by atoms with Crippen LogP contribution < -0.4 is 4.90 Å². The Kier molecular flexibility index (Phi) is 9.60. The van der Waals surface area contributed by atoms with Crippen molar-refractivity contribution in [1.29, 1.82) is 0 Å². The van der Waals surface area contributed by atoms with E-state index in [4.69, 9.17) is 10.1 Å². The third kappa shape index (κ3) is 6.34. The second kappa shape index (κ2) is 14.6. The molecule has 0 fully saturated rings. The first-order valence-corrected chi connectivity index (χ1v) is 20.5. The van der Waals surface area contributed by atoms with Crippen molar-refractivity contribution in [3.8, 4) is 33.9 Å². The van der Waals surface area contributed by atoms with E-state index in [2.05, 4.69) is 211 Å². The van der Waals surface area contributed by atoms with E-state index < -0.39 is 0 Å². The van der Waals surface area contributed by atoms with E-state index in [-0.39, 0.29) is 31.9 Å². The zero-order chi connectivity index (χ0) is 40.8. The zero-order valence-corrected chi connectivity index (χ0v) is 37.6. The number of hydrogen-bond acceptors (Lipinski definition) is 3. The van der Waals surface area contributed by atoms with Crippen LogP contribution in [0.4, 0.5) is 17.1 Å². The molecule has 6 aromatic carbocycles. The molecule has 1 aliphatic rings. The van der Waals surface area contributed by atoms with Crippen molar-refractivity contribution in [2.75, 3.05) is 4.90 Å². The van der Waals surface area contributed by atoms with Crippen molar-refractivity contribution in [3.05, 3.63) is 185 Å². The van der Waals surface area contributed by atoms with Crippen LogP contribution in [0.3, 0.4) is 0 Å². The van der Waals surface area contributed by atoms with Gasteiger partial charge in [0.05, 0.1) is 0 Å². The number of benzene rings is 6. The van der Waals surface area contributed by atoms with E-state index in [1.165, 1.54) is 44.3 Å². The smallest absolute Gasteiger partial charge is 0.358 e. The normalized spacial score (nSPS) is 13.3. The van der Waals surface area contributed by atoms with Crippen molar-refractivity contribution >= 4 is 38.9 Å². The molecule has 0 amide bonds. The molecule has 5 nitrogen and oxygen atoms in total. The standard InChI is InChI=1S/C54H47N5.Pt/c1-34-28-35(2)51(36(3)29-34)43-33-57(56-52(43)37-16-10-9-11-17-37)39-23-25-45-49(31-39)58(47-21-15-13-19-44(47)54(45,7)8)40-22-24-42-41-18-12-14-20-46(41)59(48(42)32-40)50-30-38(26-27-55-50)53(4,5)6;/h9-30,33H,1-8H3;/q-2;+2. The number of aryl methyl sites for hydroxylation is 3. The van der Waals surface area contributed by atoms with E-state index in [0.29, 0.717) is 0 Å². The van der Waals surface area contributed by atoms with E-state index in [9.17, 15) is 0 Å². The minimum absolute atomic E-state index is 0. The van der Waals surface area contributed by atoms with Crippen LogP contribution in [0.25, 0.3) is 55.7 Å². The second-order valence-electron chi connectivity index (χ2n) is 17.7. The fraction of sp³-hybridized carbons (Fsp3) is 0.185. The van der Waals surface area contributed by atoms with Crippen LogP contribution in [0.1, 0.15) is 68.0 Å². The summed E-state index contributed by atoms with van der Waals surface area (Å²) in [6, 6.07) is 53.6. The summed E-state index contributed by atoms with van der Waals surface area (Å²) in [5.74, 6) is 0.884. The molecular weight excluding hydrogens is 914 g/mol. The van der Waals surface area contributed by atoms with Gasteiger partial charge in [-0.15, -0.1) is 35.2 Å². The summed E-state index contributed by atoms with van der Waals surface area (Å²) in [4.78, 5) is 7.30. The van der Waals surface area contributed by atoms with Crippen molar-refractivity contribution in [3.63, 3.8) is 0 Å². The Morgan fingerprint density at radius 3 is 2.13 bits per heavy atom. The average Bonchev–Trinajstić information content (AvgIpc) is 3.80. The maximum atomic E-state index is 5.34. The number of fused-ring (bicyclic) bond motifs is 5. The second-order valence-corrected chi connectivity index (χ2v) is 17.7. The molecule has 0 unspecified atom stereocenters. The Balaban J connectivity index is 0.00000462. The molecule has 0 bridgehead atoms. The fourth-order valence-corrected chi connectivity index (χ4v) is 9.35. The van der Waals surface area contributed by atoms with Gasteiger partial charge in [-0.2, -0.15) is 17.2 Å². The van der Waals surface area contributed by atoms with Gasteiger partial charge in [0.25, 0.3) is 0 Å². The number of para-hydroxylation sites is 2. The van der Waals surface area contributed by atoms with Gasteiger partial charge in [0.1, 0.15) is 11.5 Å². The fourth-order valence-electron chi connectivity index (χ4n) is 9.35. The molecule has 60 heavy (non-hydrogen) atoms. The minimum Gasteiger partial charge on any atom is -0.358 e.